The zero-order valence-electron chi connectivity index (χ0n) is 13.7. The highest BCUT2D eigenvalue weighted by molar-refractivity contribution is 6.02. The maximum Gasteiger partial charge on any atom is 0.435 e. The second kappa shape index (κ2) is 7.09. The molecule has 2 aromatic rings. The lowest BCUT2D eigenvalue weighted by atomic mass is 9.87. The average Bonchev–Trinajstić information content (AvgIpc) is 2.53. The van der Waals surface area contributed by atoms with E-state index >= 15 is 0 Å². The van der Waals surface area contributed by atoms with Gasteiger partial charge in [0.05, 0.1) is 0 Å². The number of hydrogen-bond acceptors (Lipinski definition) is 2. The van der Waals surface area contributed by atoms with Gasteiger partial charge in [-0.25, -0.2) is 4.79 Å². The summed E-state index contributed by atoms with van der Waals surface area (Å²) < 4.78 is 5.09. The molecule has 0 aliphatic carbocycles. The summed E-state index contributed by atoms with van der Waals surface area (Å²) >= 11 is 0. The zero-order chi connectivity index (χ0) is 16.9. The summed E-state index contributed by atoms with van der Waals surface area (Å²) in [5.74, 6) is 0.156. The number of hydrogen-bond donors (Lipinski definition) is 1. The summed E-state index contributed by atoms with van der Waals surface area (Å²) in [5, 5.41) is 0. The Morgan fingerprint density at radius 3 is 2.22 bits per heavy atom. The van der Waals surface area contributed by atoms with Gasteiger partial charge < -0.3 is 10.5 Å². The number of nitrogens with zero attached hydrogens (tertiary/aromatic N) is 1. The first-order valence-electron chi connectivity index (χ1n) is 7.52. The van der Waals surface area contributed by atoms with E-state index in [1.807, 2.05) is 54.6 Å². The van der Waals surface area contributed by atoms with Gasteiger partial charge in [0.25, 0.3) is 0 Å². The van der Waals surface area contributed by atoms with Crippen molar-refractivity contribution in [1.29, 1.82) is 0 Å². The standard InChI is InChI=1S/C19H22N2O2/c1-19(2,3)16-11-9-15(10-12-16)17(20)21-18(22)23-13-14-7-5-4-6-8-14/h4-12H,13H2,1-3H3,(H2,20,21,22). The smallest absolute Gasteiger partial charge is 0.435 e. The first-order valence-corrected chi connectivity index (χ1v) is 7.52. The number of nitrogens with two attached hydrogens (primary N) is 1. The number of amidine groups is 1. The topological polar surface area (TPSA) is 64.7 Å². The number of aliphatic imine (C=N–C) groups is 1. The van der Waals surface area contributed by atoms with Gasteiger partial charge in [-0.05, 0) is 16.5 Å². The summed E-state index contributed by atoms with van der Waals surface area (Å²) in [7, 11) is 0. The molecule has 0 spiro atoms. The molecule has 0 saturated heterocycles. The molecule has 2 rings (SSSR count). The van der Waals surface area contributed by atoms with Crippen LogP contribution in [0.5, 0.6) is 0 Å². The van der Waals surface area contributed by atoms with Gasteiger partial charge >= 0.3 is 6.09 Å². The molecule has 4 nitrogen and oxygen atoms in total. The van der Waals surface area contributed by atoms with Crippen molar-refractivity contribution in [2.45, 2.75) is 32.8 Å². The molecule has 0 unspecified atom stereocenters. The molecule has 0 saturated carbocycles. The van der Waals surface area contributed by atoms with E-state index in [0.29, 0.717) is 5.56 Å². The highest BCUT2D eigenvalue weighted by atomic mass is 16.5. The summed E-state index contributed by atoms with van der Waals surface area (Å²) in [6.07, 6.45) is -0.689. The first kappa shape index (κ1) is 16.7. The lowest BCUT2D eigenvalue weighted by Gasteiger charge is -2.19. The van der Waals surface area contributed by atoms with Crippen molar-refractivity contribution in [2.75, 3.05) is 0 Å². The van der Waals surface area contributed by atoms with Gasteiger partial charge in [-0.3, -0.25) is 0 Å². The molecule has 0 fully saturated rings. The van der Waals surface area contributed by atoms with Gasteiger partial charge in [0.15, 0.2) is 0 Å². The van der Waals surface area contributed by atoms with Crippen LogP contribution in [0.3, 0.4) is 0 Å². The van der Waals surface area contributed by atoms with E-state index in [2.05, 4.69) is 25.8 Å². The van der Waals surface area contributed by atoms with Crippen LogP contribution < -0.4 is 5.73 Å². The summed E-state index contributed by atoms with van der Waals surface area (Å²) in [5.41, 5.74) is 8.75. The number of benzene rings is 2. The summed E-state index contributed by atoms with van der Waals surface area (Å²) in [4.78, 5) is 15.5. The van der Waals surface area contributed by atoms with Crippen molar-refractivity contribution in [3.05, 3.63) is 71.3 Å². The lowest BCUT2D eigenvalue weighted by molar-refractivity contribution is 0.151. The quantitative estimate of drug-likeness (QED) is 0.687. The van der Waals surface area contributed by atoms with Crippen LogP contribution in [0.25, 0.3) is 0 Å². The Balaban J connectivity index is 2.00. The van der Waals surface area contributed by atoms with Gasteiger partial charge in [0.1, 0.15) is 12.4 Å². The van der Waals surface area contributed by atoms with Crippen LogP contribution in [0.4, 0.5) is 4.79 Å². The fourth-order valence-electron chi connectivity index (χ4n) is 2.06. The van der Waals surface area contributed by atoms with Gasteiger partial charge in [-0.15, -0.1) is 0 Å². The van der Waals surface area contributed by atoms with Crippen LogP contribution in [0.15, 0.2) is 59.6 Å². The van der Waals surface area contributed by atoms with Crippen molar-refractivity contribution in [3.8, 4) is 0 Å². The molecule has 1 amide bonds. The van der Waals surface area contributed by atoms with Crippen molar-refractivity contribution in [2.24, 2.45) is 10.7 Å². The monoisotopic (exact) mass is 310 g/mol. The van der Waals surface area contributed by atoms with Crippen LogP contribution in [-0.2, 0) is 16.8 Å². The zero-order valence-corrected chi connectivity index (χ0v) is 13.7. The van der Waals surface area contributed by atoms with Crippen molar-refractivity contribution in [1.82, 2.24) is 0 Å². The Morgan fingerprint density at radius 2 is 1.65 bits per heavy atom. The van der Waals surface area contributed by atoms with Crippen molar-refractivity contribution < 1.29 is 9.53 Å². The molecular weight excluding hydrogens is 288 g/mol. The third kappa shape index (κ3) is 4.95. The van der Waals surface area contributed by atoms with E-state index in [9.17, 15) is 4.79 Å². The minimum atomic E-state index is -0.689. The maximum atomic E-state index is 11.7. The number of rotatable bonds is 3. The Morgan fingerprint density at radius 1 is 1.04 bits per heavy atom. The van der Waals surface area contributed by atoms with Gasteiger partial charge in [-0.1, -0.05) is 75.4 Å². The minimum Gasteiger partial charge on any atom is -0.443 e. The number of carbonyl (C=O) groups is 1. The van der Waals surface area contributed by atoms with E-state index in [1.165, 1.54) is 5.56 Å². The Labute approximate surface area is 137 Å². The Kier molecular flexibility index (Phi) is 5.16. The minimum absolute atomic E-state index is 0.0685. The molecule has 0 aromatic heterocycles. The Bertz CT molecular complexity index is 684. The largest absolute Gasteiger partial charge is 0.443 e. The second-order valence-electron chi connectivity index (χ2n) is 6.36. The van der Waals surface area contributed by atoms with E-state index < -0.39 is 6.09 Å². The van der Waals surface area contributed by atoms with E-state index in [1.54, 1.807) is 0 Å². The normalized spacial score (nSPS) is 12.0. The van der Waals surface area contributed by atoms with Crippen LogP contribution >= 0.6 is 0 Å². The Hall–Kier alpha value is -2.62. The molecule has 23 heavy (non-hydrogen) atoms. The molecule has 0 atom stereocenters. The van der Waals surface area contributed by atoms with E-state index in [4.69, 9.17) is 10.5 Å². The molecule has 0 aliphatic heterocycles. The molecule has 0 heterocycles. The molecule has 2 N–H and O–H groups in total. The number of ether oxygens (including phenoxy) is 1. The number of carbonyl (C=O) groups excluding carboxylic acids is 1. The van der Waals surface area contributed by atoms with E-state index in [-0.39, 0.29) is 17.9 Å². The molecule has 0 aliphatic rings. The molecule has 4 heteroatoms. The predicted molar refractivity (Wildman–Crippen MR) is 92.5 cm³/mol. The molecule has 120 valence electrons. The van der Waals surface area contributed by atoms with Gasteiger partial charge in [0, 0.05) is 5.56 Å². The van der Waals surface area contributed by atoms with Crippen LogP contribution in [0, 0.1) is 0 Å². The highest BCUT2D eigenvalue weighted by Gasteiger charge is 2.13. The van der Waals surface area contributed by atoms with E-state index in [0.717, 1.165) is 5.56 Å². The summed E-state index contributed by atoms with van der Waals surface area (Å²) in [6, 6.07) is 17.2. The fraction of sp³-hybridized carbons (Fsp3) is 0.263. The molecule has 0 bridgehead atoms. The van der Waals surface area contributed by atoms with Crippen LogP contribution in [0.1, 0.15) is 37.5 Å². The van der Waals surface area contributed by atoms with Gasteiger partial charge in [-0.2, -0.15) is 4.99 Å². The third-order valence-electron chi connectivity index (χ3n) is 3.46. The summed E-state index contributed by atoms with van der Waals surface area (Å²) in [6.45, 7) is 6.60. The highest BCUT2D eigenvalue weighted by Crippen LogP contribution is 2.22. The van der Waals surface area contributed by atoms with Crippen LogP contribution in [0.2, 0.25) is 0 Å². The fourth-order valence-corrected chi connectivity index (χ4v) is 2.06. The average molecular weight is 310 g/mol. The lowest BCUT2D eigenvalue weighted by Crippen LogP contribution is -2.17. The predicted octanol–water partition coefficient (Wildman–Crippen LogP) is 4.03. The third-order valence-corrected chi connectivity index (χ3v) is 3.46. The molecule has 2 aromatic carbocycles. The second-order valence-corrected chi connectivity index (χ2v) is 6.36. The SMILES string of the molecule is CC(C)(C)c1ccc(/C(N)=N/C(=O)OCc2ccccc2)cc1. The van der Waals surface area contributed by atoms with Gasteiger partial charge in [0.2, 0.25) is 0 Å². The first-order chi connectivity index (χ1) is 10.9. The number of amides is 1. The van der Waals surface area contributed by atoms with Crippen molar-refractivity contribution >= 4 is 11.9 Å². The van der Waals surface area contributed by atoms with Crippen molar-refractivity contribution in [3.63, 3.8) is 0 Å². The molecule has 0 radical (unpaired) electrons. The maximum absolute atomic E-state index is 11.7. The molecular formula is C19H22N2O2. The van der Waals surface area contributed by atoms with Crippen LogP contribution in [-0.4, -0.2) is 11.9 Å².